The van der Waals surface area contributed by atoms with Crippen molar-refractivity contribution in [1.82, 2.24) is 14.9 Å². The number of carbonyl (C=O) groups is 2. The first-order chi connectivity index (χ1) is 15.4. The number of nitrogens with one attached hydrogen (secondary N) is 4. The van der Waals surface area contributed by atoms with Crippen LogP contribution in [-0.4, -0.2) is 47.6 Å². The third kappa shape index (κ3) is 4.80. The van der Waals surface area contributed by atoms with Gasteiger partial charge in [0.05, 0.1) is 11.9 Å². The van der Waals surface area contributed by atoms with Crippen molar-refractivity contribution >= 4 is 40.8 Å². The molecule has 0 radical (unpaired) electrons. The molecule has 0 saturated carbocycles. The average molecular weight is 435 g/mol. The first-order valence-corrected chi connectivity index (χ1v) is 10.7. The molecule has 0 fully saturated rings. The fraction of sp³-hybridized carbons (Fsp3) is 0.333. The molecule has 168 valence electrons. The predicted molar refractivity (Wildman–Crippen MR) is 129 cm³/mol. The highest BCUT2D eigenvalue weighted by molar-refractivity contribution is 6.00. The van der Waals surface area contributed by atoms with Crippen LogP contribution in [0.5, 0.6) is 0 Å². The van der Waals surface area contributed by atoms with E-state index < -0.39 is 0 Å². The van der Waals surface area contributed by atoms with Crippen LogP contribution in [-0.2, 0) is 0 Å². The van der Waals surface area contributed by atoms with Crippen molar-refractivity contribution in [1.29, 1.82) is 5.41 Å². The van der Waals surface area contributed by atoms with E-state index in [-0.39, 0.29) is 11.9 Å². The molecule has 1 aliphatic heterocycles. The van der Waals surface area contributed by atoms with Crippen molar-refractivity contribution in [3.05, 3.63) is 53.3 Å². The lowest BCUT2D eigenvalue weighted by Crippen LogP contribution is -2.37. The van der Waals surface area contributed by atoms with Crippen molar-refractivity contribution < 1.29 is 9.59 Å². The van der Waals surface area contributed by atoms with Crippen LogP contribution in [0.1, 0.15) is 59.6 Å². The number of carbonyl (C=O) groups excluding carboxylic acids is 2. The van der Waals surface area contributed by atoms with Crippen molar-refractivity contribution in [3.63, 3.8) is 0 Å². The third-order valence-corrected chi connectivity index (χ3v) is 5.59. The van der Waals surface area contributed by atoms with Crippen LogP contribution in [0.2, 0.25) is 0 Å². The van der Waals surface area contributed by atoms with E-state index in [0.717, 1.165) is 40.7 Å². The molecule has 8 heteroatoms. The molecule has 0 spiro atoms. The molecule has 1 aromatic carbocycles. The SMILES string of the molecule is CC1CNC(=O)c2cc3ccc(C=O)cc3n21.CCC(C)Nc1ncc(NC)cc1C=N. The second kappa shape index (κ2) is 10.1. The Kier molecular flexibility index (Phi) is 7.25. The van der Waals surface area contributed by atoms with Crippen molar-refractivity contribution in [2.45, 2.75) is 39.3 Å². The standard InChI is InChI=1S/C13H12N2O2.C11H18N4/c1-8-6-14-13(17)12-5-10-3-2-9(7-16)4-11(10)15(8)12;1-4-8(2)15-11-9(6-12)5-10(13-3)7-14-11/h2-5,7-8H,6H2,1H3,(H,14,17);5-8,12-13H,4H2,1-3H3,(H,14,15). The maximum absolute atomic E-state index is 11.8. The quantitative estimate of drug-likeness (QED) is 0.345. The highest BCUT2D eigenvalue weighted by atomic mass is 16.2. The molecule has 32 heavy (non-hydrogen) atoms. The van der Waals surface area contributed by atoms with E-state index >= 15 is 0 Å². The van der Waals surface area contributed by atoms with Gasteiger partial charge in [0, 0.05) is 53.9 Å². The number of aromatic nitrogens is 2. The zero-order valence-corrected chi connectivity index (χ0v) is 18.9. The monoisotopic (exact) mass is 434 g/mol. The molecular formula is C24H30N6O2. The predicted octanol–water partition coefficient (Wildman–Crippen LogP) is 4.09. The van der Waals surface area contributed by atoms with Gasteiger partial charge in [-0.3, -0.25) is 9.59 Å². The summed E-state index contributed by atoms with van der Waals surface area (Å²) in [6.07, 6.45) is 4.94. The van der Waals surface area contributed by atoms with Gasteiger partial charge in [0.15, 0.2) is 0 Å². The summed E-state index contributed by atoms with van der Waals surface area (Å²) in [6.45, 7) is 6.89. The zero-order chi connectivity index (χ0) is 23.3. The molecule has 3 aromatic rings. The fourth-order valence-corrected chi connectivity index (χ4v) is 3.57. The van der Waals surface area contributed by atoms with Crippen LogP contribution in [0.15, 0.2) is 36.5 Å². The minimum Gasteiger partial charge on any atom is -0.387 e. The van der Waals surface area contributed by atoms with Crippen LogP contribution in [0.3, 0.4) is 0 Å². The molecule has 8 nitrogen and oxygen atoms in total. The van der Waals surface area contributed by atoms with E-state index in [1.807, 2.05) is 35.9 Å². The maximum atomic E-state index is 11.8. The van der Waals surface area contributed by atoms with Crippen LogP contribution in [0, 0.1) is 5.41 Å². The molecule has 4 rings (SSSR count). The second-order valence-corrected chi connectivity index (χ2v) is 7.90. The number of anilines is 2. The summed E-state index contributed by atoms with van der Waals surface area (Å²) < 4.78 is 2.00. The van der Waals surface area contributed by atoms with Gasteiger partial charge in [-0.2, -0.15) is 0 Å². The van der Waals surface area contributed by atoms with E-state index in [2.05, 4.69) is 41.7 Å². The van der Waals surface area contributed by atoms with Gasteiger partial charge in [0.2, 0.25) is 0 Å². The Morgan fingerprint density at radius 2 is 2.12 bits per heavy atom. The van der Waals surface area contributed by atoms with Gasteiger partial charge in [-0.1, -0.05) is 19.1 Å². The van der Waals surface area contributed by atoms with Crippen molar-refractivity contribution in [2.24, 2.45) is 0 Å². The number of nitrogens with zero attached hydrogens (tertiary/aromatic N) is 2. The Bertz CT molecular complexity index is 1140. The topological polar surface area (TPSA) is 112 Å². The molecule has 0 bridgehead atoms. The number of hydrogen-bond acceptors (Lipinski definition) is 6. The van der Waals surface area contributed by atoms with E-state index in [4.69, 9.17) is 5.41 Å². The Hall–Kier alpha value is -3.68. The van der Waals surface area contributed by atoms with E-state index in [1.165, 1.54) is 6.21 Å². The second-order valence-electron chi connectivity index (χ2n) is 7.90. The van der Waals surface area contributed by atoms with Gasteiger partial charge in [0.1, 0.15) is 17.8 Å². The Morgan fingerprint density at radius 3 is 2.78 bits per heavy atom. The molecular weight excluding hydrogens is 404 g/mol. The van der Waals surface area contributed by atoms with E-state index in [0.29, 0.717) is 23.8 Å². The molecule has 4 N–H and O–H groups in total. The highest BCUT2D eigenvalue weighted by Crippen LogP contribution is 2.27. The average Bonchev–Trinajstić information content (AvgIpc) is 3.22. The minimum absolute atomic E-state index is 0.0491. The molecule has 2 atom stereocenters. The normalized spacial score (nSPS) is 15.6. The lowest BCUT2D eigenvalue weighted by molar-refractivity contribution is 0.0919. The van der Waals surface area contributed by atoms with Gasteiger partial charge in [-0.15, -0.1) is 0 Å². The third-order valence-electron chi connectivity index (χ3n) is 5.59. The van der Waals surface area contributed by atoms with Gasteiger partial charge in [0.25, 0.3) is 5.91 Å². The Labute approximate surface area is 187 Å². The maximum Gasteiger partial charge on any atom is 0.268 e. The zero-order valence-electron chi connectivity index (χ0n) is 18.9. The number of aldehydes is 1. The Balaban J connectivity index is 0.000000183. The van der Waals surface area contributed by atoms with Crippen LogP contribution >= 0.6 is 0 Å². The smallest absolute Gasteiger partial charge is 0.268 e. The van der Waals surface area contributed by atoms with Gasteiger partial charge >= 0.3 is 0 Å². The Morgan fingerprint density at radius 1 is 1.34 bits per heavy atom. The lowest BCUT2D eigenvalue weighted by Gasteiger charge is -2.24. The summed E-state index contributed by atoms with van der Waals surface area (Å²) in [5.41, 5.74) is 3.98. The minimum atomic E-state index is -0.0491. The van der Waals surface area contributed by atoms with Gasteiger partial charge < -0.3 is 25.9 Å². The number of benzene rings is 1. The molecule has 3 heterocycles. The summed E-state index contributed by atoms with van der Waals surface area (Å²) in [5.74, 6) is 0.727. The van der Waals surface area contributed by atoms with Crippen molar-refractivity contribution in [2.75, 3.05) is 24.2 Å². The fourth-order valence-electron chi connectivity index (χ4n) is 3.57. The number of pyridine rings is 1. The molecule has 0 saturated heterocycles. The van der Waals surface area contributed by atoms with Crippen LogP contribution in [0.25, 0.3) is 10.9 Å². The molecule has 2 aromatic heterocycles. The first-order valence-electron chi connectivity index (χ1n) is 10.7. The highest BCUT2D eigenvalue weighted by Gasteiger charge is 2.24. The summed E-state index contributed by atoms with van der Waals surface area (Å²) in [6, 6.07) is 9.84. The van der Waals surface area contributed by atoms with E-state index in [1.54, 1.807) is 12.3 Å². The van der Waals surface area contributed by atoms with Crippen LogP contribution in [0.4, 0.5) is 11.5 Å². The summed E-state index contributed by atoms with van der Waals surface area (Å²) in [5, 5.41) is 17.4. The number of fused-ring (bicyclic) bond motifs is 3. The number of rotatable bonds is 6. The molecule has 2 unspecified atom stereocenters. The molecule has 0 aliphatic carbocycles. The van der Waals surface area contributed by atoms with Crippen molar-refractivity contribution in [3.8, 4) is 0 Å². The summed E-state index contributed by atoms with van der Waals surface area (Å²) >= 11 is 0. The number of hydrogen-bond donors (Lipinski definition) is 4. The molecule has 1 aliphatic rings. The van der Waals surface area contributed by atoms with Gasteiger partial charge in [-0.25, -0.2) is 4.98 Å². The largest absolute Gasteiger partial charge is 0.387 e. The van der Waals surface area contributed by atoms with Crippen LogP contribution < -0.4 is 16.0 Å². The first kappa shape index (κ1) is 23.0. The number of amides is 1. The molecule has 1 amide bonds. The van der Waals surface area contributed by atoms with E-state index in [9.17, 15) is 9.59 Å². The lowest BCUT2D eigenvalue weighted by atomic mass is 10.2. The summed E-state index contributed by atoms with van der Waals surface area (Å²) in [4.78, 5) is 26.8. The summed E-state index contributed by atoms with van der Waals surface area (Å²) in [7, 11) is 1.84. The van der Waals surface area contributed by atoms with Gasteiger partial charge in [-0.05, 0) is 38.5 Å².